The Morgan fingerprint density at radius 3 is 2.71 bits per heavy atom. The summed E-state index contributed by atoms with van der Waals surface area (Å²) in [7, 11) is 1.72. The van der Waals surface area contributed by atoms with Gasteiger partial charge in [0, 0.05) is 13.6 Å². The molecule has 0 saturated heterocycles. The van der Waals surface area contributed by atoms with Crippen LogP contribution in [0.25, 0.3) is 10.9 Å². The van der Waals surface area contributed by atoms with Gasteiger partial charge in [-0.15, -0.1) is 0 Å². The molecule has 2 aromatic carbocycles. The number of rotatable bonds is 7. The van der Waals surface area contributed by atoms with Crippen molar-refractivity contribution in [2.75, 3.05) is 13.7 Å². The third-order valence-electron chi connectivity index (χ3n) is 4.50. The zero-order valence-electron chi connectivity index (χ0n) is 16.1. The molecule has 0 aliphatic heterocycles. The van der Waals surface area contributed by atoms with Gasteiger partial charge in [0.15, 0.2) is 0 Å². The van der Waals surface area contributed by atoms with Crippen LogP contribution in [0.1, 0.15) is 11.1 Å². The van der Waals surface area contributed by atoms with Crippen LogP contribution in [0.15, 0.2) is 66.2 Å². The summed E-state index contributed by atoms with van der Waals surface area (Å²) >= 11 is 0. The van der Waals surface area contributed by atoms with E-state index in [-0.39, 0.29) is 18.0 Å². The first-order valence-electron chi connectivity index (χ1n) is 9.01. The molecule has 1 aromatic heterocycles. The van der Waals surface area contributed by atoms with Crippen molar-refractivity contribution < 1.29 is 9.53 Å². The number of aromatic nitrogens is 2. The smallest absolute Gasteiger partial charge is 0.261 e. The van der Waals surface area contributed by atoms with E-state index >= 15 is 0 Å². The van der Waals surface area contributed by atoms with E-state index in [1.165, 1.54) is 10.9 Å². The minimum atomic E-state index is -0.209. The number of nitrogens with zero attached hydrogens (tertiary/aromatic N) is 3. The maximum Gasteiger partial charge on any atom is 0.261 e. The molecule has 1 amide bonds. The minimum absolute atomic E-state index is 0.0489. The molecule has 0 atom stereocenters. The van der Waals surface area contributed by atoms with Gasteiger partial charge in [-0.1, -0.05) is 36.9 Å². The topological polar surface area (TPSA) is 64.4 Å². The Morgan fingerprint density at radius 1 is 1.25 bits per heavy atom. The van der Waals surface area contributed by atoms with Crippen molar-refractivity contribution >= 4 is 16.8 Å². The van der Waals surface area contributed by atoms with Gasteiger partial charge in [0.1, 0.15) is 18.9 Å². The molecule has 6 heteroatoms. The van der Waals surface area contributed by atoms with Crippen LogP contribution in [-0.4, -0.2) is 34.0 Å². The average molecular weight is 377 g/mol. The highest BCUT2D eigenvalue weighted by atomic mass is 16.5. The number of hydrogen-bond acceptors (Lipinski definition) is 4. The van der Waals surface area contributed by atoms with Gasteiger partial charge in [-0.05, 0) is 36.2 Å². The SMILES string of the molecule is C=CCOc1ccc(CN(C)C(=O)Cn2cnc3c(C)cccc3c2=O)cc1. The molecule has 0 aliphatic carbocycles. The Hall–Kier alpha value is -3.41. The van der Waals surface area contributed by atoms with E-state index < -0.39 is 0 Å². The standard InChI is InChI=1S/C22H23N3O3/c1-4-12-28-18-10-8-17(9-11-18)13-24(3)20(26)14-25-15-23-21-16(2)6-5-7-19(21)22(25)27/h4-11,15H,1,12-14H2,2-3H3. The first kappa shape index (κ1) is 19.4. The second-order valence-corrected chi connectivity index (χ2v) is 6.64. The van der Waals surface area contributed by atoms with Crippen molar-refractivity contribution in [3.05, 3.63) is 82.9 Å². The summed E-state index contributed by atoms with van der Waals surface area (Å²) in [4.78, 5) is 31.2. The summed E-state index contributed by atoms with van der Waals surface area (Å²) < 4.78 is 6.81. The number of likely N-dealkylation sites (N-methyl/N-ethyl adjacent to an activating group) is 1. The first-order valence-corrected chi connectivity index (χ1v) is 9.01. The second-order valence-electron chi connectivity index (χ2n) is 6.64. The molecule has 1 heterocycles. The molecule has 0 aliphatic rings. The van der Waals surface area contributed by atoms with Gasteiger partial charge in [0.2, 0.25) is 5.91 Å². The summed E-state index contributed by atoms with van der Waals surface area (Å²) in [5, 5.41) is 0.521. The minimum Gasteiger partial charge on any atom is -0.490 e. The molecule has 0 fully saturated rings. The summed E-state index contributed by atoms with van der Waals surface area (Å²) in [6.45, 7) is 6.37. The third kappa shape index (κ3) is 4.28. The molecule has 28 heavy (non-hydrogen) atoms. The monoisotopic (exact) mass is 377 g/mol. The van der Waals surface area contributed by atoms with E-state index in [0.717, 1.165) is 16.9 Å². The third-order valence-corrected chi connectivity index (χ3v) is 4.50. The normalized spacial score (nSPS) is 10.6. The van der Waals surface area contributed by atoms with Crippen LogP contribution in [0.3, 0.4) is 0 Å². The number of carbonyl (C=O) groups excluding carboxylic acids is 1. The average Bonchev–Trinajstić information content (AvgIpc) is 2.70. The lowest BCUT2D eigenvalue weighted by Gasteiger charge is -2.18. The number of carbonyl (C=O) groups is 1. The van der Waals surface area contributed by atoms with Gasteiger partial charge in [-0.25, -0.2) is 4.98 Å². The number of hydrogen-bond donors (Lipinski definition) is 0. The highest BCUT2D eigenvalue weighted by molar-refractivity contribution is 5.81. The molecule has 0 unspecified atom stereocenters. The number of aryl methyl sites for hydroxylation is 1. The van der Waals surface area contributed by atoms with E-state index in [1.54, 1.807) is 24.1 Å². The molecule has 0 spiro atoms. The predicted molar refractivity (Wildman–Crippen MR) is 109 cm³/mol. The molecule has 0 N–H and O–H groups in total. The van der Waals surface area contributed by atoms with Crippen molar-refractivity contribution in [2.45, 2.75) is 20.0 Å². The van der Waals surface area contributed by atoms with Crippen LogP contribution in [-0.2, 0) is 17.9 Å². The van der Waals surface area contributed by atoms with E-state index in [0.29, 0.717) is 24.1 Å². The van der Waals surface area contributed by atoms with E-state index in [1.807, 2.05) is 43.3 Å². The Bertz CT molecular complexity index is 1050. The maximum absolute atomic E-state index is 12.7. The van der Waals surface area contributed by atoms with Gasteiger partial charge < -0.3 is 9.64 Å². The Labute approximate surface area is 163 Å². The Kier molecular flexibility index (Phi) is 5.89. The van der Waals surface area contributed by atoms with Crippen molar-refractivity contribution in [3.8, 4) is 5.75 Å². The van der Waals surface area contributed by atoms with Crippen molar-refractivity contribution in [1.82, 2.24) is 14.5 Å². The molecule has 6 nitrogen and oxygen atoms in total. The highest BCUT2D eigenvalue weighted by Gasteiger charge is 2.13. The van der Waals surface area contributed by atoms with Crippen LogP contribution in [0.4, 0.5) is 0 Å². The molecule has 3 rings (SSSR count). The second kappa shape index (κ2) is 8.52. The summed E-state index contributed by atoms with van der Waals surface area (Å²) in [5.74, 6) is 0.588. The van der Waals surface area contributed by atoms with Crippen molar-refractivity contribution in [2.24, 2.45) is 0 Å². The molecule has 0 radical (unpaired) electrons. The molecular weight excluding hydrogens is 354 g/mol. The van der Waals surface area contributed by atoms with Crippen LogP contribution >= 0.6 is 0 Å². The van der Waals surface area contributed by atoms with Crippen molar-refractivity contribution in [3.63, 3.8) is 0 Å². The molecular formula is C22H23N3O3. The fourth-order valence-corrected chi connectivity index (χ4v) is 2.92. The number of ether oxygens (including phenoxy) is 1. The van der Waals surface area contributed by atoms with E-state index in [4.69, 9.17) is 4.74 Å². The fraction of sp³-hybridized carbons (Fsp3) is 0.227. The van der Waals surface area contributed by atoms with Gasteiger partial charge in [0.25, 0.3) is 5.56 Å². The Balaban J connectivity index is 1.69. The number of para-hydroxylation sites is 1. The first-order chi connectivity index (χ1) is 13.5. The molecule has 0 bridgehead atoms. The quantitative estimate of drug-likeness (QED) is 0.594. The lowest BCUT2D eigenvalue weighted by molar-refractivity contribution is -0.131. The van der Waals surface area contributed by atoms with Gasteiger partial charge in [0.05, 0.1) is 17.2 Å². The summed E-state index contributed by atoms with van der Waals surface area (Å²) in [6, 6.07) is 13.0. The number of fused-ring (bicyclic) bond motifs is 1. The lowest BCUT2D eigenvalue weighted by Crippen LogP contribution is -2.33. The molecule has 144 valence electrons. The van der Waals surface area contributed by atoms with Gasteiger partial charge in [-0.2, -0.15) is 0 Å². The van der Waals surface area contributed by atoms with Crippen LogP contribution in [0.5, 0.6) is 5.75 Å². The number of amides is 1. The number of benzene rings is 2. The van der Waals surface area contributed by atoms with Gasteiger partial charge in [-0.3, -0.25) is 14.2 Å². The molecule has 0 saturated carbocycles. The highest BCUT2D eigenvalue weighted by Crippen LogP contribution is 2.14. The predicted octanol–water partition coefficient (Wildman–Crippen LogP) is 2.93. The van der Waals surface area contributed by atoms with Crippen LogP contribution in [0.2, 0.25) is 0 Å². The zero-order valence-corrected chi connectivity index (χ0v) is 16.1. The molecule has 3 aromatic rings. The lowest BCUT2D eigenvalue weighted by atomic mass is 10.1. The van der Waals surface area contributed by atoms with Crippen LogP contribution < -0.4 is 10.3 Å². The largest absolute Gasteiger partial charge is 0.490 e. The van der Waals surface area contributed by atoms with E-state index in [2.05, 4.69) is 11.6 Å². The summed E-state index contributed by atoms with van der Waals surface area (Å²) in [5.41, 5.74) is 2.37. The van der Waals surface area contributed by atoms with Crippen molar-refractivity contribution in [1.29, 1.82) is 0 Å². The fourth-order valence-electron chi connectivity index (χ4n) is 2.92. The summed E-state index contributed by atoms with van der Waals surface area (Å²) in [6.07, 6.45) is 3.13. The van der Waals surface area contributed by atoms with Crippen LogP contribution in [0, 0.1) is 6.92 Å². The maximum atomic E-state index is 12.7. The zero-order chi connectivity index (χ0) is 20.1. The van der Waals surface area contributed by atoms with E-state index in [9.17, 15) is 9.59 Å². The van der Waals surface area contributed by atoms with Gasteiger partial charge >= 0.3 is 0 Å². The Morgan fingerprint density at radius 2 is 2.00 bits per heavy atom.